The van der Waals surface area contributed by atoms with E-state index in [1.807, 2.05) is 0 Å². The van der Waals surface area contributed by atoms with E-state index in [0.717, 1.165) is 25.8 Å². The Morgan fingerprint density at radius 1 is 1.17 bits per heavy atom. The first-order valence-corrected chi connectivity index (χ1v) is 10.4. The molecule has 0 spiro atoms. The van der Waals surface area contributed by atoms with Crippen LogP contribution in [0.15, 0.2) is 24.3 Å². The van der Waals surface area contributed by atoms with Crippen molar-refractivity contribution in [2.75, 3.05) is 32.9 Å². The monoisotopic (exact) mass is 338 g/mol. The molecule has 1 aliphatic rings. The van der Waals surface area contributed by atoms with E-state index in [9.17, 15) is 8.42 Å². The van der Waals surface area contributed by atoms with E-state index in [1.165, 1.54) is 17.4 Å². The van der Waals surface area contributed by atoms with Gasteiger partial charge >= 0.3 is 0 Å². The largest absolute Gasteiger partial charge is 0.303 e. The van der Waals surface area contributed by atoms with Crippen LogP contribution in [0.4, 0.5) is 0 Å². The van der Waals surface area contributed by atoms with E-state index in [-0.39, 0.29) is 0 Å². The van der Waals surface area contributed by atoms with Crippen molar-refractivity contribution >= 4 is 10.0 Å². The zero-order valence-electron chi connectivity index (χ0n) is 14.8. The Morgan fingerprint density at radius 2 is 1.74 bits per heavy atom. The molecule has 1 heterocycles. The van der Waals surface area contributed by atoms with Crippen molar-refractivity contribution in [2.24, 2.45) is 0 Å². The van der Waals surface area contributed by atoms with Crippen LogP contribution in [0.5, 0.6) is 0 Å². The molecule has 0 bridgehead atoms. The van der Waals surface area contributed by atoms with Gasteiger partial charge in [-0.25, -0.2) is 12.7 Å². The molecule has 1 aliphatic heterocycles. The lowest BCUT2D eigenvalue weighted by Gasteiger charge is -2.35. The molecular formula is C18H30N2O2S. The predicted molar refractivity (Wildman–Crippen MR) is 96.3 cm³/mol. The van der Waals surface area contributed by atoms with E-state index in [1.54, 1.807) is 4.31 Å². The highest BCUT2D eigenvalue weighted by molar-refractivity contribution is 7.88. The van der Waals surface area contributed by atoms with Crippen LogP contribution in [0.25, 0.3) is 0 Å². The zero-order chi connectivity index (χ0) is 17.0. The number of sulfonamides is 1. The number of piperidine rings is 1. The summed E-state index contributed by atoms with van der Waals surface area (Å²) in [4.78, 5) is 2.38. The first kappa shape index (κ1) is 18.4. The van der Waals surface area contributed by atoms with Gasteiger partial charge in [-0.2, -0.15) is 0 Å². The lowest BCUT2D eigenvalue weighted by molar-refractivity contribution is 0.170. The van der Waals surface area contributed by atoms with Gasteiger partial charge in [0, 0.05) is 25.7 Å². The number of benzene rings is 1. The third-order valence-corrected chi connectivity index (χ3v) is 6.22. The Bertz CT molecular complexity index is 588. The standard InChI is InChI=1S/C18H30N2O2S/c1-15(2)17-7-5-16(6-8-17)9-12-19(3)18-10-13-20(14-11-18)23(4,21)22/h5-8,15,18H,9-14H2,1-4H3. The normalized spacial score (nSPS) is 18.0. The molecule has 1 fully saturated rings. The number of hydrogen-bond acceptors (Lipinski definition) is 3. The molecule has 1 aromatic rings. The van der Waals surface area contributed by atoms with Gasteiger partial charge in [0.25, 0.3) is 0 Å². The van der Waals surface area contributed by atoms with Crippen molar-refractivity contribution in [3.63, 3.8) is 0 Å². The first-order chi connectivity index (χ1) is 10.8. The number of nitrogens with zero attached hydrogens (tertiary/aromatic N) is 2. The Morgan fingerprint density at radius 3 is 2.22 bits per heavy atom. The minimum atomic E-state index is -3.03. The summed E-state index contributed by atoms with van der Waals surface area (Å²) < 4.78 is 24.7. The Kier molecular flexibility index (Phi) is 6.23. The second-order valence-corrected chi connectivity index (χ2v) is 9.00. The van der Waals surface area contributed by atoms with Crippen LogP contribution < -0.4 is 0 Å². The summed E-state index contributed by atoms with van der Waals surface area (Å²) in [6.45, 7) is 6.75. The summed E-state index contributed by atoms with van der Waals surface area (Å²) >= 11 is 0. The number of hydrogen-bond donors (Lipinski definition) is 0. The van der Waals surface area contributed by atoms with Crippen molar-refractivity contribution in [1.82, 2.24) is 9.21 Å². The smallest absolute Gasteiger partial charge is 0.211 e. The molecule has 0 aromatic heterocycles. The van der Waals surface area contributed by atoms with Crippen LogP contribution in [0.2, 0.25) is 0 Å². The molecule has 130 valence electrons. The maximum Gasteiger partial charge on any atom is 0.211 e. The summed E-state index contributed by atoms with van der Waals surface area (Å²) in [5.74, 6) is 0.576. The van der Waals surface area contributed by atoms with Gasteiger partial charge in [-0.05, 0) is 43.4 Å². The van der Waals surface area contributed by atoms with Crippen LogP contribution in [-0.2, 0) is 16.4 Å². The van der Waals surface area contributed by atoms with Gasteiger partial charge in [0.05, 0.1) is 6.26 Å². The van der Waals surface area contributed by atoms with Crippen LogP contribution in [0, 0.1) is 0 Å². The molecule has 0 radical (unpaired) electrons. The highest BCUT2D eigenvalue weighted by Crippen LogP contribution is 2.19. The van der Waals surface area contributed by atoms with Gasteiger partial charge in [-0.3, -0.25) is 0 Å². The van der Waals surface area contributed by atoms with Crippen molar-refractivity contribution in [3.05, 3.63) is 35.4 Å². The van der Waals surface area contributed by atoms with E-state index < -0.39 is 10.0 Å². The minimum absolute atomic E-state index is 0.489. The summed E-state index contributed by atoms with van der Waals surface area (Å²) in [6, 6.07) is 9.41. The fourth-order valence-electron chi connectivity index (χ4n) is 3.17. The van der Waals surface area contributed by atoms with Crippen LogP contribution in [0.1, 0.15) is 43.7 Å². The molecule has 0 unspecified atom stereocenters. The lowest BCUT2D eigenvalue weighted by Crippen LogP contribution is -2.45. The summed E-state index contributed by atoms with van der Waals surface area (Å²) in [6.07, 6.45) is 4.20. The van der Waals surface area contributed by atoms with Crippen LogP contribution >= 0.6 is 0 Å². The van der Waals surface area contributed by atoms with E-state index in [0.29, 0.717) is 25.0 Å². The van der Waals surface area contributed by atoms with Gasteiger partial charge in [-0.1, -0.05) is 38.1 Å². The maximum absolute atomic E-state index is 11.6. The molecule has 1 saturated heterocycles. The number of rotatable bonds is 6. The molecular weight excluding hydrogens is 308 g/mol. The van der Waals surface area contributed by atoms with Crippen molar-refractivity contribution in [1.29, 1.82) is 0 Å². The third-order valence-electron chi connectivity index (χ3n) is 4.92. The Hall–Kier alpha value is -0.910. The Balaban J connectivity index is 1.80. The highest BCUT2D eigenvalue weighted by Gasteiger charge is 2.26. The van der Waals surface area contributed by atoms with Gasteiger partial charge < -0.3 is 4.90 Å². The second-order valence-electron chi connectivity index (χ2n) is 7.02. The quantitative estimate of drug-likeness (QED) is 0.801. The van der Waals surface area contributed by atoms with Gasteiger partial charge in [0.15, 0.2) is 0 Å². The fourth-order valence-corrected chi connectivity index (χ4v) is 4.05. The molecule has 5 heteroatoms. The van der Waals surface area contributed by atoms with Crippen molar-refractivity contribution in [3.8, 4) is 0 Å². The molecule has 0 aliphatic carbocycles. The summed E-state index contributed by atoms with van der Waals surface area (Å²) in [5, 5.41) is 0. The SMILES string of the molecule is CC(C)c1ccc(CCN(C)C2CCN(S(C)(=O)=O)CC2)cc1. The van der Waals surface area contributed by atoms with E-state index in [4.69, 9.17) is 0 Å². The molecule has 0 amide bonds. The zero-order valence-corrected chi connectivity index (χ0v) is 15.6. The average molecular weight is 339 g/mol. The molecule has 23 heavy (non-hydrogen) atoms. The van der Waals surface area contributed by atoms with Gasteiger partial charge in [0.2, 0.25) is 10.0 Å². The first-order valence-electron chi connectivity index (χ1n) is 8.51. The molecule has 2 rings (SSSR count). The average Bonchev–Trinajstić information content (AvgIpc) is 2.52. The van der Waals surface area contributed by atoms with Gasteiger partial charge in [0.1, 0.15) is 0 Å². The van der Waals surface area contributed by atoms with Crippen LogP contribution in [-0.4, -0.2) is 56.6 Å². The molecule has 1 aromatic carbocycles. The molecule has 0 atom stereocenters. The van der Waals surface area contributed by atoms with Gasteiger partial charge in [-0.15, -0.1) is 0 Å². The van der Waals surface area contributed by atoms with Crippen molar-refractivity contribution in [2.45, 2.75) is 45.1 Å². The molecule has 4 nitrogen and oxygen atoms in total. The summed E-state index contributed by atoms with van der Waals surface area (Å²) in [7, 11) is -0.871. The Labute approximate surface area is 141 Å². The fraction of sp³-hybridized carbons (Fsp3) is 0.667. The van der Waals surface area contributed by atoms with E-state index >= 15 is 0 Å². The number of likely N-dealkylation sites (N-methyl/N-ethyl adjacent to an activating group) is 1. The van der Waals surface area contributed by atoms with Crippen LogP contribution in [0.3, 0.4) is 0 Å². The molecule has 0 saturated carbocycles. The van der Waals surface area contributed by atoms with E-state index in [2.05, 4.69) is 50.1 Å². The highest BCUT2D eigenvalue weighted by atomic mass is 32.2. The second kappa shape index (κ2) is 7.77. The lowest BCUT2D eigenvalue weighted by atomic mass is 10.0. The van der Waals surface area contributed by atoms with Crippen molar-refractivity contribution < 1.29 is 8.42 Å². The maximum atomic E-state index is 11.6. The topological polar surface area (TPSA) is 40.6 Å². The predicted octanol–water partition coefficient (Wildman–Crippen LogP) is 2.71. The minimum Gasteiger partial charge on any atom is -0.303 e. The molecule has 0 N–H and O–H groups in total. The summed E-state index contributed by atoms with van der Waals surface area (Å²) in [5.41, 5.74) is 2.75. The third kappa shape index (κ3) is 5.30.